The molecule has 1 aliphatic rings. The van der Waals surface area contributed by atoms with E-state index in [1.165, 1.54) is 5.56 Å². The largest absolute Gasteiger partial charge is 0.388 e. The van der Waals surface area contributed by atoms with Gasteiger partial charge in [0.25, 0.3) is 5.91 Å². The molecule has 3 N–H and O–H groups in total. The number of aliphatic hydroxyl groups is 1. The van der Waals surface area contributed by atoms with E-state index >= 15 is 0 Å². The highest BCUT2D eigenvalue weighted by Crippen LogP contribution is 2.23. The number of nitrogens with one attached hydrogen (secondary N) is 2. The first-order valence-electron chi connectivity index (χ1n) is 7.09. The van der Waals surface area contributed by atoms with Crippen LogP contribution in [0.1, 0.15) is 49.2 Å². The lowest BCUT2D eigenvalue weighted by molar-refractivity contribution is -0.00295. The Morgan fingerprint density at radius 1 is 1.30 bits per heavy atom. The van der Waals surface area contributed by atoms with Crippen LogP contribution in [0.3, 0.4) is 0 Å². The van der Waals surface area contributed by atoms with Crippen molar-refractivity contribution in [3.05, 3.63) is 34.9 Å². The highest BCUT2D eigenvalue weighted by molar-refractivity contribution is 5.96. The predicted molar refractivity (Wildman–Crippen MR) is 79.7 cm³/mol. The minimum absolute atomic E-state index is 0.115. The van der Waals surface area contributed by atoms with E-state index < -0.39 is 11.1 Å². The minimum atomic E-state index is -0.987. The van der Waals surface area contributed by atoms with Crippen molar-refractivity contribution in [3.63, 3.8) is 0 Å². The zero-order chi connectivity index (χ0) is 15.0. The van der Waals surface area contributed by atoms with E-state index in [2.05, 4.69) is 16.7 Å². The van der Waals surface area contributed by atoms with E-state index in [-0.39, 0.29) is 5.91 Å². The van der Waals surface area contributed by atoms with Gasteiger partial charge < -0.3 is 15.7 Å². The molecule has 0 atom stereocenters. The van der Waals surface area contributed by atoms with Crippen LogP contribution in [0.15, 0.2) is 18.2 Å². The molecule has 2 rings (SSSR count). The molecule has 0 fully saturated rings. The van der Waals surface area contributed by atoms with Gasteiger partial charge in [0, 0.05) is 12.1 Å². The average Bonchev–Trinajstić information content (AvgIpc) is 2.36. The second-order valence-corrected chi connectivity index (χ2v) is 6.51. The molecule has 0 bridgehead atoms. The van der Waals surface area contributed by atoms with Gasteiger partial charge in [-0.2, -0.15) is 0 Å². The lowest BCUT2D eigenvalue weighted by Crippen LogP contribution is -2.57. The maximum Gasteiger partial charge on any atom is 0.252 e. The third-order valence-electron chi connectivity index (χ3n) is 4.34. The molecule has 1 aromatic rings. The normalized spacial score (nSPS) is 15.7. The van der Waals surface area contributed by atoms with Gasteiger partial charge in [-0.15, -0.1) is 0 Å². The first kappa shape index (κ1) is 15.0. The maximum absolute atomic E-state index is 12.5. The SMILES string of the molecule is CC(C)(O)C(C)(C)NC(=O)c1cccc2c1CCNC2. The summed E-state index contributed by atoms with van der Waals surface area (Å²) in [5.41, 5.74) is 1.35. The van der Waals surface area contributed by atoms with E-state index in [9.17, 15) is 9.90 Å². The molecule has 1 amide bonds. The van der Waals surface area contributed by atoms with Crippen molar-refractivity contribution in [1.82, 2.24) is 10.6 Å². The molecule has 4 heteroatoms. The van der Waals surface area contributed by atoms with Gasteiger partial charge in [-0.1, -0.05) is 12.1 Å². The van der Waals surface area contributed by atoms with Gasteiger partial charge in [0.2, 0.25) is 0 Å². The van der Waals surface area contributed by atoms with E-state index in [0.717, 1.165) is 30.6 Å². The first-order valence-corrected chi connectivity index (χ1v) is 7.09. The highest BCUT2D eigenvalue weighted by Gasteiger charge is 2.36. The van der Waals surface area contributed by atoms with Gasteiger partial charge >= 0.3 is 0 Å². The summed E-state index contributed by atoms with van der Waals surface area (Å²) in [6.45, 7) is 8.79. The smallest absolute Gasteiger partial charge is 0.252 e. The standard InChI is InChI=1S/C16H24N2O2/c1-15(2,16(3,4)20)18-14(19)13-7-5-6-11-10-17-9-8-12(11)13/h5-7,17,20H,8-10H2,1-4H3,(H,18,19). The van der Waals surface area contributed by atoms with Crippen molar-refractivity contribution >= 4 is 5.91 Å². The summed E-state index contributed by atoms with van der Waals surface area (Å²) in [6.07, 6.45) is 0.863. The summed E-state index contributed by atoms with van der Waals surface area (Å²) in [6, 6.07) is 5.83. The fourth-order valence-corrected chi connectivity index (χ4v) is 2.25. The van der Waals surface area contributed by atoms with E-state index in [4.69, 9.17) is 0 Å². The van der Waals surface area contributed by atoms with Crippen LogP contribution in [0.2, 0.25) is 0 Å². The van der Waals surface area contributed by atoms with Crippen LogP contribution in [0.4, 0.5) is 0 Å². The van der Waals surface area contributed by atoms with Gasteiger partial charge in [0.1, 0.15) is 0 Å². The zero-order valence-electron chi connectivity index (χ0n) is 12.7. The quantitative estimate of drug-likeness (QED) is 0.786. The third kappa shape index (κ3) is 2.86. The first-order chi connectivity index (χ1) is 9.22. The Kier molecular flexibility index (Phi) is 3.89. The van der Waals surface area contributed by atoms with Crippen LogP contribution in [0.25, 0.3) is 0 Å². The molecule has 110 valence electrons. The van der Waals surface area contributed by atoms with Crippen molar-refractivity contribution in [2.45, 2.75) is 51.8 Å². The summed E-state index contributed by atoms with van der Waals surface area (Å²) < 4.78 is 0. The Morgan fingerprint density at radius 3 is 2.65 bits per heavy atom. The van der Waals surface area contributed by atoms with E-state index in [0.29, 0.717) is 0 Å². The van der Waals surface area contributed by atoms with E-state index in [1.807, 2.05) is 26.0 Å². The summed E-state index contributed by atoms with van der Waals surface area (Å²) in [4.78, 5) is 12.5. The maximum atomic E-state index is 12.5. The molecule has 0 radical (unpaired) electrons. The molecule has 0 saturated carbocycles. The number of hydrogen-bond donors (Lipinski definition) is 3. The molecule has 0 aliphatic carbocycles. The summed E-state index contributed by atoms with van der Waals surface area (Å²) in [5.74, 6) is -0.115. The zero-order valence-corrected chi connectivity index (χ0v) is 12.7. The Labute approximate surface area is 120 Å². The third-order valence-corrected chi connectivity index (χ3v) is 4.34. The van der Waals surface area contributed by atoms with Crippen molar-refractivity contribution in [2.24, 2.45) is 0 Å². The fraction of sp³-hybridized carbons (Fsp3) is 0.562. The number of benzene rings is 1. The van der Waals surface area contributed by atoms with Crippen molar-refractivity contribution in [2.75, 3.05) is 6.54 Å². The lowest BCUT2D eigenvalue weighted by Gasteiger charge is -2.38. The lowest BCUT2D eigenvalue weighted by atomic mass is 9.85. The van der Waals surface area contributed by atoms with Crippen LogP contribution in [-0.4, -0.2) is 28.7 Å². The molecule has 0 aromatic heterocycles. The molecule has 0 spiro atoms. The average molecular weight is 276 g/mol. The summed E-state index contributed by atoms with van der Waals surface area (Å²) >= 11 is 0. The number of carbonyl (C=O) groups excluding carboxylic acids is 1. The Morgan fingerprint density at radius 2 is 2.00 bits per heavy atom. The van der Waals surface area contributed by atoms with Gasteiger partial charge in [-0.3, -0.25) is 4.79 Å². The van der Waals surface area contributed by atoms with Gasteiger partial charge in [-0.05, 0) is 57.9 Å². The molecule has 20 heavy (non-hydrogen) atoms. The van der Waals surface area contributed by atoms with Crippen LogP contribution < -0.4 is 10.6 Å². The summed E-state index contributed by atoms with van der Waals surface area (Å²) in [5, 5.41) is 16.4. The number of rotatable bonds is 3. The number of amides is 1. The molecule has 4 nitrogen and oxygen atoms in total. The molecule has 1 aliphatic heterocycles. The Balaban J connectivity index is 2.27. The second-order valence-electron chi connectivity index (χ2n) is 6.51. The van der Waals surface area contributed by atoms with Crippen LogP contribution >= 0.6 is 0 Å². The number of carbonyl (C=O) groups is 1. The second kappa shape index (κ2) is 5.19. The van der Waals surface area contributed by atoms with Crippen LogP contribution in [0, 0.1) is 0 Å². The number of hydrogen-bond acceptors (Lipinski definition) is 3. The van der Waals surface area contributed by atoms with Crippen molar-refractivity contribution in [3.8, 4) is 0 Å². The highest BCUT2D eigenvalue weighted by atomic mass is 16.3. The summed E-state index contributed by atoms with van der Waals surface area (Å²) in [7, 11) is 0. The predicted octanol–water partition coefficient (Wildman–Crippen LogP) is 1.61. The molecule has 0 saturated heterocycles. The Bertz CT molecular complexity index is 516. The van der Waals surface area contributed by atoms with Crippen molar-refractivity contribution < 1.29 is 9.90 Å². The van der Waals surface area contributed by atoms with E-state index in [1.54, 1.807) is 13.8 Å². The molecular formula is C16H24N2O2. The molecule has 1 heterocycles. The van der Waals surface area contributed by atoms with Crippen LogP contribution in [0.5, 0.6) is 0 Å². The topological polar surface area (TPSA) is 61.4 Å². The Hall–Kier alpha value is -1.39. The molecule has 1 aromatic carbocycles. The van der Waals surface area contributed by atoms with Crippen LogP contribution in [-0.2, 0) is 13.0 Å². The van der Waals surface area contributed by atoms with Gasteiger partial charge in [0.15, 0.2) is 0 Å². The van der Waals surface area contributed by atoms with Crippen molar-refractivity contribution in [1.29, 1.82) is 0 Å². The molecule has 0 unspecified atom stereocenters. The number of fused-ring (bicyclic) bond motifs is 1. The minimum Gasteiger partial charge on any atom is -0.388 e. The fourth-order valence-electron chi connectivity index (χ4n) is 2.25. The molecular weight excluding hydrogens is 252 g/mol. The monoisotopic (exact) mass is 276 g/mol. The van der Waals surface area contributed by atoms with Gasteiger partial charge in [0.05, 0.1) is 11.1 Å². The van der Waals surface area contributed by atoms with Gasteiger partial charge in [-0.25, -0.2) is 0 Å².